The van der Waals surface area contributed by atoms with Gasteiger partial charge in [0.05, 0.1) is 0 Å². The number of halogens is 3. The molecule has 1 aromatic heterocycles. The first-order valence-corrected chi connectivity index (χ1v) is 5.30. The highest BCUT2D eigenvalue weighted by Crippen LogP contribution is 2.33. The Bertz CT molecular complexity index is 394. The summed E-state index contributed by atoms with van der Waals surface area (Å²) < 4.78 is 37.4. The van der Waals surface area contributed by atoms with E-state index in [0.717, 1.165) is 12.8 Å². The van der Waals surface area contributed by atoms with Gasteiger partial charge in [-0.05, 0) is 19.8 Å². The minimum Gasteiger partial charge on any atom is -0.384 e. The van der Waals surface area contributed by atoms with E-state index in [1.165, 1.54) is 11.0 Å². The number of aromatic nitrogens is 2. The van der Waals surface area contributed by atoms with Crippen LogP contribution in [0.25, 0.3) is 0 Å². The Morgan fingerprint density at radius 2 is 2.06 bits per heavy atom. The van der Waals surface area contributed by atoms with Gasteiger partial charge in [-0.15, -0.1) is 0 Å². The van der Waals surface area contributed by atoms with Crippen molar-refractivity contribution in [2.75, 3.05) is 17.2 Å². The van der Waals surface area contributed by atoms with E-state index in [2.05, 4.69) is 9.97 Å². The van der Waals surface area contributed by atoms with E-state index >= 15 is 0 Å². The molecule has 0 aromatic carbocycles. The first-order valence-electron chi connectivity index (χ1n) is 5.30. The first-order chi connectivity index (χ1) is 7.85. The molecule has 7 heteroatoms. The molecular formula is C10H13F3N4. The molecule has 0 bridgehead atoms. The molecular weight excluding hydrogens is 233 g/mol. The molecule has 0 spiro atoms. The van der Waals surface area contributed by atoms with Gasteiger partial charge in [0.15, 0.2) is 0 Å². The van der Waals surface area contributed by atoms with Gasteiger partial charge < -0.3 is 10.6 Å². The highest BCUT2D eigenvalue weighted by atomic mass is 19.4. The third-order valence-electron chi connectivity index (χ3n) is 2.48. The molecule has 0 saturated heterocycles. The molecule has 94 valence electrons. The SMILES string of the molecule is Cc1nc(N)cc(N(CC(F)(F)F)C2CC2)n1. The summed E-state index contributed by atoms with van der Waals surface area (Å²) in [7, 11) is 0. The fraction of sp³-hybridized carbons (Fsp3) is 0.600. The van der Waals surface area contributed by atoms with Crippen molar-refractivity contribution in [3.05, 3.63) is 11.9 Å². The summed E-state index contributed by atoms with van der Waals surface area (Å²) in [5, 5.41) is 0. The van der Waals surface area contributed by atoms with Crippen LogP contribution < -0.4 is 10.6 Å². The third kappa shape index (κ3) is 3.21. The van der Waals surface area contributed by atoms with Gasteiger partial charge in [-0.25, -0.2) is 9.97 Å². The Labute approximate surface area is 96.7 Å². The minimum atomic E-state index is -4.24. The maximum absolute atomic E-state index is 12.5. The zero-order chi connectivity index (χ0) is 12.6. The highest BCUT2D eigenvalue weighted by Gasteiger charge is 2.38. The normalized spacial score (nSPS) is 16.0. The molecule has 0 atom stereocenters. The van der Waals surface area contributed by atoms with Gasteiger partial charge in [-0.2, -0.15) is 13.2 Å². The summed E-state index contributed by atoms with van der Waals surface area (Å²) in [5.41, 5.74) is 5.52. The van der Waals surface area contributed by atoms with Crippen LogP contribution in [0.3, 0.4) is 0 Å². The number of aryl methyl sites for hydroxylation is 1. The fourth-order valence-corrected chi connectivity index (χ4v) is 1.70. The average Bonchev–Trinajstić information content (AvgIpc) is 2.94. The van der Waals surface area contributed by atoms with Crippen molar-refractivity contribution in [2.45, 2.75) is 32.0 Å². The molecule has 1 saturated carbocycles. The van der Waals surface area contributed by atoms with Gasteiger partial charge >= 0.3 is 6.18 Å². The quantitative estimate of drug-likeness (QED) is 0.885. The number of hydrogen-bond donors (Lipinski definition) is 1. The predicted octanol–water partition coefficient (Wildman–Crippen LogP) is 1.90. The highest BCUT2D eigenvalue weighted by molar-refractivity contribution is 5.48. The predicted molar refractivity (Wildman–Crippen MR) is 57.6 cm³/mol. The van der Waals surface area contributed by atoms with Crippen molar-refractivity contribution in [3.8, 4) is 0 Å². The van der Waals surface area contributed by atoms with E-state index in [1.54, 1.807) is 6.92 Å². The average molecular weight is 246 g/mol. The maximum Gasteiger partial charge on any atom is 0.405 e. The lowest BCUT2D eigenvalue weighted by Crippen LogP contribution is -2.36. The first kappa shape index (κ1) is 11.9. The molecule has 0 unspecified atom stereocenters. The molecule has 2 rings (SSSR count). The second-order valence-corrected chi connectivity index (χ2v) is 4.17. The number of alkyl halides is 3. The number of nitrogen functional groups attached to an aromatic ring is 1. The lowest BCUT2D eigenvalue weighted by Gasteiger charge is -2.25. The van der Waals surface area contributed by atoms with Crippen LogP contribution in [0.15, 0.2) is 6.07 Å². The van der Waals surface area contributed by atoms with E-state index in [4.69, 9.17) is 5.73 Å². The zero-order valence-corrected chi connectivity index (χ0v) is 9.33. The summed E-state index contributed by atoms with van der Waals surface area (Å²) in [4.78, 5) is 9.12. The van der Waals surface area contributed by atoms with Crippen LogP contribution in [-0.4, -0.2) is 28.7 Å². The molecule has 0 amide bonds. The summed E-state index contributed by atoms with van der Waals surface area (Å²) in [5.74, 6) is 0.836. The van der Waals surface area contributed by atoms with Gasteiger partial charge in [-0.3, -0.25) is 0 Å². The molecule has 0 aliphatic heterocycles. The van der Waals surface area contributed by atoms with Crippen LogP contribution in [0, 0.1) is 6.92 Å². The van der Waals surface area contributed by atoms with Gasteiger partial charge in [0.2, 0.25) is 0 Å². The monoisotopic (exact) mass is 246 g/mol. The van der Waals surface area contributed by atoms with Gasteiger partial charge in [0.1, 0.15) is 24.0 Å². The lowest BCUT2D eigenvalue weighted by atomic mass is 10.4. The smallest absolute Gasteiger partial charge is 0.384 e. The summed E-state index contributed by atoms with van der Waals surface area (Å²) in [6.45, 7) is 0.617. The molecule has 1 aromatic rings. The molecule has 17 heavy (non-hydrogen) atoms. The van der Waals surface area contributed by atoms with Gasteiger partial charge in [0, 0.05) is 12.1 Å². The second-order valence-electron chi connectivity index (χ2n) is 4.17. The van der Waals surface area contributed by atoms with Crippen LogP contribution >= 0.6 is 0 Å². The number of anilines is 2. The Kier molecular flexibility index (Phi) is 2.84. The van der Waals surface area contributed by atoms with E-state index < -0.39 is 12.7 Å². The Balaban J connectivity index is 2.26. The van der Waals surface area contributed by atoms with E-state index in [9.17, 15) is 13.2 Å². The van der Waals surface area contributed by atoms with Crippen molar-refractivity contribution in [1.82, 2.24) is 9.97 Å². The summed E-state index contributed by atoms with van der Waals surface area (Å²) in [6, 6.07) is 1.31. The largest absolute Gasteiger partial charge is 0.405 e. The molecule has 0 radical (unpaired) electrons. The van der Waals surface area contributed by atoms with Gasteiger partial charge in [0.25, 0.3) is 0 Å². The van der Waals surface area contributed by atoms with Crippen molar-refractivity contribution in [1.29, 1.82) is 0 Å². The Morgan fingerprint density at radius 3 is 2.53 bits per heavy atom. The molecule has 1 aliphatic carbocycles. The van der Waals surface area contributed by atoms with Crippen LogP contribution in [0.5, 0.6) is 0 Å². The van der Waals surface area contributed by atoms with Crippen LogP contribution in [0.4, 0.5) is 24.8 Å². The molecule has 1 fully saturated rings. The van der Waals surface area contributed by atoms with E-state index in [0.29, 0.717) is 5.82 Å². The van der Waals surface area contributed by atoms with Crippen molar-refractivity contribution >= 4 is 11.6 Å². The Hall–Kier alpha value is -1.53. The number of nitrogens with zero attached hydrogens (tertiary/aromatic N) is 3. The maximum atomic E-state index is 12.5. The van der Waals surface area contributed by atoms with Crippen LogP contribution in [0.1, 0.15) is 18.7 Å². The standard InChI is InChI=1S/C10H13F3N4/c1-6-15-8(14)4-9(16-6)17(7-2-3-7)5-10(11,12)13/h4,7H,2-3,5H2,1H3,(H2,14,15,16). The lowest BCUT2D eigenvalue weighted by molar-refractivity contribution is -0.120. The molecule has 1 aliphatic rings. The molecule has 2 N–H and O–H groups in total. The fourth-order valence-electron chi connectivity index (χ4n) is 1.70. The van der Waals surface area contributed by atoms with Crippen molar-refractivity contribution in [3.63, 3.8) is 0 Å². The molecule has 1 heterocycles. The molecule has 4 nitrogen and oxygen atoms in total. The Morgan fingerprint density at radius 1 is 1.41 bits per heavy atom. The van der Waals surface area contributed by atoms with E-state index in [1.807, 2.05) is 0 Å². The van der Waals surface area contributed by atoms with Gasteiger partial charge in [-0.1, -0.05) is 0 Å². The second kappa shape index (κ2) is 4.05. The third-order valence-corrected chi connectivity index (χ3v) is 2.48. The van der Waals surface area contributed by atoms with E-state index in [-0.39, 0.29) is 17.7 Å². The van der Waals surface area contributed by atoms with Crippen LogP contribution in [-0.2, 0) is 0 Å². The van der Waals surface area contributed by atoms with Crippen molar-refractivity contribution < 1.29 is 13.2 Å². The summed E-state index contributed by atoms with van der Waals surface area (Å²) >= 11 is 0. The zero-order valence-electron chi connectivity index (χ0n) is 9.33. The number of nitrogens with two attached hydrogens (primary N) is 1. The summed E-state index contributed by atoms with van der Waals surface area (Å²) in [6.07, 6.45) is -2.71. The number of hydrogen-bond acceptors (Lipinski definition) is 4. The van der Waals surface area contributed by atoms with Crippen LogP contribution in [0.2, 0.25) is 0 Å². The number of rotatable bonds is 3. The minimum absolute atomic E-state index is 0.0784. The van der Waals surface area contributed by atoms with Crippen molar-refractivity contribution in [2.24, 2.45) is 0 Å². The topological polar surface area (TPSA) is 55.0 Å².